The van der Waals surface area contributed by atoms with Gasteiger partial charge in [0.2, 0.25) is 0 Å². The second kappa shape index (κ2) is 4.46. The molecule has 3 unspecified atom stereocenters. The van der Waals surface area contributed by atoms with E-state index in [1.54, 1.807) is 7.11 Å². The molecule has 0 N–H and O–H groups in total. The zero-order chi connectivity index (χ0) is 9.14. The largest absolute Gasteiger partial charge is 0.376 e. The van der Waals surface area contributed by atoms with Crippen LogP contribution in [0.2, 0.25) is 0 Å². The van der Waals surface area contributed by atoms with Crippen LogP contribution < -0.4 is 0 Å². The predicted molar refractivity (Wildman–Crippen MR) is 49.2 cm³/mol. The molecule has 1 aliphatic heterocycles. The van der Waals surface area contributed by atoms with Crippen LogP contribution in [-0.4, -0.2) is 32.0 Å². The summed E-state index contributed by atoms with van der Waals surface area (Å²) >= 11 is 3.78. The molecule has 1 rings (SSSR count). The number of methoxy groups -OCH3 is 1. The van der Waals surface area contributed by atoms with E-state index in [9.17, 15) is 0 Å². The van der Waals surface area contributed by atoms with Gasteiger partial charge in [-0.3, -0.25) is 0 Å². The Labute approximate surface area is 79.0 Å². The SMILES string of the molecule is COC1C(OS)COC1C(C)C. The quantitative estimate of drug-likeness (QED) is 0.539. The normalized spacial score (nSPS) is 36.2. The standard InChI is InChI=1S/C8H16O3S/c1-5(2)7-8(9-3)6(11-12)4-10-7/h5-8,12H,4H2,1-3H3. The topological polar surface area (TPSA) is 27.7 Å². The Kier molecular flexibility index (Phi) is 3.83. The summed E-state index contributed by atoms with van der Waals surface area (Å²) in [6.07, 6.45) is 0.111. The zero-order valence-corrected chi connectivity index (χ0v) is 8.58. The van der Waals surface area contributed by atoms with Crippen molar-refractivity contribution >= 4 is 12.9 Å². The molecule has 3 atom stereocenters. The number of thiol groups is 1. The van der Waals surface area contributed by atoms with Gasteiger partial charge in [-0.15, -0.1) is 0 Å². The molecule has 1 aliphatic rings. The van der Waals surface area contributed by atoms with Gasteiger partial charge in [0, 0.05) is 7.11 Å². The van der Waals surface area contributed by atoms with Crippen LogP contribution in [-0.2, 0) is 13.7 Å². The van der Waals surface area contributed by atoms with E-state index in [0.717, 1.165) is 0 Å². The molecule has 0 aromatic carbocycles. The average molecular weight is 192 g/mol. The molecule has 3 nitrogen and oxygen atoms in total. The van der Waals surface area contributed by atoms with Crippen LogP contribution in [0, 0.1) is 5.92 Å². The van der Waals surface area contributed by atoms with Crippen LogP contribution in [0.15, 0.2) is 0 Å². The summed E-state index contributed by atoms with van der Waals surface area (Å²) in [7, 11) is 1.68. The number of rotatable bonds is 3. The van der Waals surface area contributed by atoms with Crippen LogP contribution in [0.25, 0.3) is 0 Å². The van der Waals surface area contributed by atoms with Gasteiger partial charge in [0.05, 0.1) is 12.7 Å². The number of hydrogen-bond donors (Lipinski definition) is 1. The molecule has 4 heteroatoms. The van der Waals surface area contributed by atoms with Crippen molar-refractivity contribution in [2.24, 2.45) is 5.92 Å². The van der Waals surface area contributed by atoms with Crippen LogP contribution in [0.1, 0.15) is 13.8 Å². The molecule has 0 aromatic rings. The molecule has 72 valence electrons. The molecule has 0 bridgehead atoms. The van der Waals surface area contributed by atoms with Crippen LogP contribution in [0.3, 0.4) is 0 Å². The fourth-order valence-corrected chi connectivity index (χ4v) is 1.74. The van der Waals surface area contributed by atoms with Gasteiger partial charge < -0.3 is 13.7 Å². The summed E-state index contributed by atoms with van der Waals surface area (Å²) in [6.45, 7) is 4.79. The van der Waals surface area contributed by atoms with Gasteiger partial charge in [-0.2, -0.15) is 0 Å². The van der Waals surface area contributed by atoms with E-state index >= 15 is 0 Å². The minimum Gasteiger partial charge on any atom is -0.376 e. The van der Waals surface area contributed by atoms with Crippen LogP contribution >= 0.6 is 12.9 Å². The summed E-state index contributed by atoms with van der Waals surface area (Å²) in [5, 5.41) is 0. The van der Waals surface area contributed by atoms with Crippen molar-refractivity contribution in [2.75, 3.05) is 13.7 Å². The van der Waals surface area contributed by atoms with Crippen molar-refractivity contribution in [1.82, 2.24) is 0 Å². The van der Waals surface area contributed by atoms with E-state index in [0.29, 0.717) is 12.5 Å². The first-order valence-corrected chi connectivity index (χ1v) is 4.51. The molecule has 1 fully saturated rings. The second-order valence-corrected chi connectivity index (χ2v) is 3.60. The van der Waals surface area contributed by atoms with E-state index in [-0.39, 0.29) is 18.3 Å². The minimum absolute atomic E-state index is 0.0162. The molecule has 0 saturated carbocycles. The highest BCUT2D eigenvalue weighted by molar-refractivity contribution is 7.75. The highest BCUT2D eigenvalue weighted by Crippen LogP contribution is 2.25. The van der Waals surface area contributed by atoms with Crippen molar-refractivity contribution in [3.05, 3.63) is 0 Å². The first-order valence-electron chi connectivity index (χ1n) is 4.15. The summed E-state index contributed by atoms with van der Waals surface area (Å²) in [5.74, 6) is 0.448. The number of hydrogen-bond acceptors (Lipinski definition) is 4. The number of ether oxygens (including phenoxy) is 2. The smallest absolute Gasteiger partial charge is 0.124 e. The van der Waals surface area contributed by atoms with Gasteiger partial charge in [0.1, 0.15) is 12.2 Å². The van der Waals surface area contributed by atoms with E-state index in [2.05, 4.69) is 26.8 Å². The molecule has 12 heavy (non-hydrogen) atoms. The van der Waals surface area contributed by atoms with Crippen LogP contribution in [0.5, 0.6) is 0 Å². The van der Waals surface area contributed by atoms with Crippen molar-refractivity contribution in [1.29, 1.82) is 0 Å². The molecule has 1 heterocycles. The summed E-state index contributed by atoms with van der Waals surface area (Å²) in [6, 6.07) is 0. The third-order valence-corrected chi connectivity index (χ3v) is 2.48. The molecule has 0 aromatic heterocycles. The van der Waals surface area contributed by atoms with Gasteiger partial charge in [0.15, 0.2) is 0 Å². The van der Waals surface area contributed by atoms with Crippen molar-refractivity contribution in [2.45, 2.75) is 32.2 Å². The molecule has 1 saturated heterocycles. The Morgan fingerprint density at radius 1 is 1.50 bits per heavy atom. The molecule has 0 radical (unpaired) electrons. The minimum atomic E-state index is -0.0364. The van der Waals surface area contributed by atoms with E-state index in [1.165, 1.54) is 0 Å². The Balaban J connectivity index is 2.56. The van der Waals surface area contributed by atoms with Gasteiger partial charge >= 0.3 is 0 Å². The lowest BCUT2D eigenvalue weighted by Gasteiger charge is -2.22. The average Bonchev–Trinajstić information content (AvgIpc) is 2.46. The maximum absolute atomic E-state index is 5.52. The Hall–Kier alpha value is 0.230. The maximum Gasteiger partial charge on any atom is 0.124 e. The Morgan fingerprint density at radius 2 is 2.17 bits per heavy atom. The van der Waals surface area contributed by atoms with Crippen molar-refractivity contribution in [3.63, 3.8) is 0 Å². The highest BCUT2D eigenvalue weighted by Gasteiger charge is 2.39. The zero-order valence-electron chi connectivity index (χ0n) is 7.69. The fraction of sp³-hybridized carbons (Fsp3) is 1.00. The highest BCUT2D eigenvalue weighted by atomic mass is 32.1. The lowest BCUT2D eigenvalue weighted by Crippen LogP contribution is -2.35. The lowest BCUT2D eigenvalue weighted by atomic mass is 10.0. The van der Waals surface area contributed by atoms with Crippen molar-refractivity contribution < 1.29 is 13.7 Å². The van der Waals surface area contributed by atoms with E-state index < -0.39 is 0 Å². The van der Waals surface area contributed by atoms with Gasteiger partial charge in [-0.1, -0.05) is 13.8 Å². The summed E-state index contributed by atoms with van der Waals surface area (Å²) in [5.41, 5.74) is 0. The van der Waals surface area contributed by atoms with Crippen LogP contribution in [0.4, 0.5) is 0 Å². The first-order chi connectivity index (χ1) is 5.70. The van der Waals surface area contributed by atoms with E-state index in [4.69, 9.17) is 13.7 Å². The third kappa shape index (κ3) is 1.93. The summed E-state index contributed by atoms with van der Waals surface area (Å²) < 4.78 is 15.8. The molecule has 0 amide bonds. The molecular weight excluding hydrogens is 176 g/mol. The second-order valence-electron chi connectivity index (χ2n) is 3.39. The van der Waals surface area contributed by atoms with Crippen molar-refractivity contribution in [3.8, 4) is 0 Å². The lowest BCUT2D eigenvalue weighted by molar-refractivity contribution is -0.0210. The molecule has 0 aliphatic carbocycles. The van der Waals surface area contributed by atoms with Gasteiger partial charge in [-0.25, -0.2) is 0 Å². The first kappa shape index (κ1) is 10.3. The Bertz CT molecular complexity index is 140. The monoisotopic (exact) mass is 192 g/mol. The molecular formula is C8H16O3S. The fourth-order valence-electron chi connectivity index (χ4n) is 1.56. The maximum atomic E-state index is 5.52. The predicted octanol–water partition coefficient (Wildman–Crippen LogP) is 1.29. The summed E-state index contributed by atoms with van der Waals surface area (Å²) in [4.78, 5) is 0. The van der Waals surface area contributed by atoms with Gasteiger partial charge in [0.25, 0.3) is 0 Å². The Morgan fingerprint density at radius 3 is 2.58 bits per heavy atom. The molecule has 0 spiro atoms. The van der Waals surface area contributed by atoms with E-state index in [1.807, 2.05) is 0 Å². The third-order valence-electron chi connectivity index (χ3n) is 2.21. The van der Waals surface area contributed by atoms with Gasteiger partial charge in [-0.05, 0) is 18.8 Å².